The zero-order valence-electron chi connectivity index (χ0n) is 13.0. The van der Waals surface area contributed by atoms with Crippen molar-refractivity contribution in [2.45, 2.75) is 13.0 Å². The number of carbonyl (C=O) groups excluding carboxylic acids is 1. The van der Waals surface area contributed by atoms with Crippen LogP contribution in [0.4, 0.5) is 0 Å². The van der Waals surface area contributed by atoms with Crippen LogP contribution in [0.5, 0.6) is 0 Å². The number of hydrogen-bond donors (Lipinski definition) is 1. The highest BCUT2D eigenvalue weighted by Gasteiger charge is 2.07. The average Bonchev–Trinajstić information content (AvgIpc) is 2.58. The van der Waals surface area contributed by atoms with Gasteiger partial charge in [0.25, 0.3) is 0 Å². The lowest BCUT2D eigenvalue weighted by atomic mass is 10.1. The summed E-state index contributed by atoms with van der Waals surface area (Å²) in [6.07, 6.45) is 2.46. The lowest BCUT2D eigenvalue weighted by molar-refractivity contribution is -0.121. The maximum atomic E-state index is 12.2. The summed E-state index contributed by atoms with van der Waals surface area (Å²) in [7, 11) is 0. The molecule has 1 N–H and O–H groups in total. The molecular formula is C19H17BrN2O2. The van der Waals surface area contributed by atoms with Crippen LogP contribution in [0.1, 0.15) is 5.56 Å². The monoisotopic (exact) mass is 384 g/mol. The molecule has 0 atom stereocenters. The topological polar surface area (TPSA) is 51.1 Å². The fourth-order valence-corrected chi connectivity index (χ4v) is 2.98. The van der Waals surface area contributed by atoms with Crippen LogP contribution in [0.3, 0.4) is 0 Å². The molecule has 2 aromatic carbocycles. The summed E-state index contributed by atoms with van der Waals surface area (Å²) in [6.45, 7) is 0.778. The van der Waals surface area contributed by atoms with E-state index in [4.69, 9.17) is 0 Å². The van der Waals surface area contributed by atoms with Gasteiger partial charge in [0.15, 0.2) is 5.43 Å². The number of hydrogen-bond acceptors (Lipinski definition) is 2. The van der Waals surface area contributed by atoms with Gasteiger partial charge in [0.05, 0.1) is 5.52 Å². The van der Waals surface area contributed by atoms with Gasteiger partial charge in [-0.3, -0.25) is 9.59 Å². The molecule has 0 radical (unpaired) electrons. The van der Waals surface area contributed by atoms with E-state index in [1.807, 2.05) is 42.5 Å². The number of fused-ring (bicyclic) bond motifs is 1. The maximum absolute atomic E-state index is 12.2. The van der Waals surface area contributed by atoms with Crippen molar-refractivity contribution < 1.29 is 4.79 Å². The summed E-state index contributed by atoms with van der Waals surface area (Å²) >= 11 is 3.37. The zero-order valence-corrected chi connectivity index (χ0v) is 14.6. The van der Waals surface area contributed by atoms with E-state index in [1.54, 1.807) is 16.8 Å². The number of rotatable bonds is 5. The fraction of sp³-hybridized carbons (Fsp3) is 0.158. The number of nitrogens with one attached hydrogen (secondary N) is 1. The molecule has 3 rings (SSSR count). The minimum absolute atomic E-state index is 0.0490. The van der Waals surface area contributed by atoms with Gasteiger partial charge in [-0.05, 0) is 30.2 Å². The zero-order chi connectivity index (χ0) is 16.9. The lowest BCUT2D eigenvalue weighted by Crippen LogP contribution is -2.29. The van der Waals surface area contributed by atoms with Gasteiger partial charge in [-0.1, -0.05) is 46.3 Å². The van der Waals surface area contributed by atoms with Crippen LogP contribution in [0.2, 0.25) is 0 Å². The van der Waals surface area contributed by atoms with E-state index in [9.17, 15) is 9.59 Å². The molecule has 1 amide bonds. The highest BCUT2D eigenvalue weighted by molar-refractivity contribution is 9.10. The van der Waals surface area contributed by atoms with Crippen molar-refractivity contribution >= 4 is 32.7 Å². The molecule has 0 bridgehead atoms. The first-order chi connectivity index (χ1) is 11.6. The predicted octanol–water partition coefficient (Wildman–Crippen LogP) is 3.12. The normalized spacial score (nSPS) is 10.7. The summed E-state index contributed by atoms with van der Waals surface area (Å²) in [5, 5.41) is 3.52. The number of benzene rings is 2. The number of halogens is 1. The van der Waals surface area contributed by atoms with Crippen molar-refractivity contribution in [3.8, 4) is 0 Å². The number of carbonyl (C=O) groups is 1. The van der Waals surface area contributed by atoms with Gasteiger partial charge < -0.3 is 9.88 Å². The van der Waals surface area contributed by atoms with E-state index in [0.717, 1.165) is 16.4 Å². The van der Waals surface area contributed by atoms with Crippen molar-refractivity contribution in [3.63, 3.8) is 0 Å². The molecule has 24 heavy (non-hydrogen) atoms. The largest absolute Gasteiger partial charge is 0.354 e. The van der Waals surface area contributed by atoms with Crippen molar-refractivity contribution in [1.29, 1.82) is 0 Å². The molecule has 0 saturated heterocycles. The molecule has 0 spiro atoms. The molecule has 3 aromatic rings. The SMILES string of the molecule is O=C(Cn1ccc(=O)c2cc(Br)ccc21)NCCc1ccccc1. The average molecular weight is 385 g/mol. The van der Waals surface area contributed by atoms with Gasteiger partial charge in [-0.2, -0.15) is 0 Å². The second-order valence-corrected chi connectivity index (χ2v) is 6.47. The van der Waals surface area contributed by atoms with Crippen molar-refractivity contribution in [2.24, 2.45) is 0 Å². The second kappa shape index (κ2) is 7.45. The Hall–Kier alpha value is -2.40. The Kier molecular flexibility index (Phi) is 5.11. The molecule has 0 saturated carbocycles. The summed E-state index contributed by atoms with van der Waals surface area (Å²) in [4.78, 5) is 24.1. The first kappa shape index (κ1) is 16.5. The van der Waals surface area contributed by atoms with Crippen LogP contribution in [0.25, 0.3) is 10.9 Å². The van der Waals surface area contributed by atoms with Crippen LogP contribution in [0, 0.1) is 0 Å². The standard InChI is InChI=1S/C19H17BrN2O2/c20-15-6-7-17-16(12-15)18(23)9-11-22(17)13-19(24)21-10-8-14-4-2-1-3-5-14/h1-7,9,11-12H,8,10,13H2,(H,21,24). The molecule has 1 heterocycles. The summed E-state index contributed by atoms with van der Waals surface area (Å²) in [6, 6.07) is 17.0. The third kappa shape index (κ3) is 3.92. The Balaban J connectivity index is 1.67. The Morgan fingerprint density at radius 3 is 2.67 bits per heavy atom. The van der Waals surface area contributed by atoms with E-state index in [0.29, 0.717) is 11.9 Å². The minimum Gasteiger partial charge on any atom is -0.354 e. The predicted molar refractivity (Wildman–Crippen MR) is 99.1 cm³/mol. The van der Waals surface area contributed by atoms with Crippen molar-refractivity contribution in [2.75, 3.05) is 6.54 Å². The highest BCUT2D eigenvalue weighted by Crippen LogP contribution is 2.16. The molecule has 0 unspecified atom stereocenters. The van der Waals surface area contributed by atoms with Crippen LogP contribution in [0.15, 0.2) is 70.1 Å². The van der Waals surface area contributed by atoms with Gasteiger partial charge in [0, 0.05) is 28.7 Å². The second-order valence-electron chi connectivity index (χ2n) is 5.55. The van der Waals surface area contributed by atoms with E-state index < -0.39 is 0 Å². The van der Waals surface area contributed by atoms with Crippen molar-refractivity contribution in [1.82, 2.24) is 9.88 Å². The smallest absolute Gasteiger partial charge is 0.239 e. The summed E-state index contributed by atoms with van der Waals surface area (Å²) in [5.41, 5.74) is 1.90. The molecular weight excluding hydrogens is 368 g/mol. The molecule has 1 aromatic heterocycles. The number of aromatic nitrogens is 1. The van der Waals surface area contributed by atoms with Crippen molar-refractivity contribution in [3.05, 3.63) is 81.1 Å². The lowest BCUT2D eigenvalue weighted by Gasteiger charge is -2.11. The Morgan fingerprint density at radius 1 is 1.08 bits per heavy atom. The highest BCUT2D eigenvalue weighted by atomic mass is 79.9. The number of pyridine rings is 1. The van der Waals surface area contributed by atoms with Gasteiger partial charge in [-0.25, -0.2) is 0 Å². The minimum atomic E-state index is -0.0706. The third-order valence-corrected chi connectivity index (χ3v) is 4.33. The van der Waals surface area contributed by atoms with Crippen LogP contribution < -0.4 is 10.7 Å². The number of amides is 1. The van der Waals surface area contributed by atoms with Gasteiger partial charge >= 0.3 is 0 Å². The van der Waals surface area contributed by atoms with E-state index in [2.05, 4.69) is 21.2 Å². The van der Waals surface area contributed by atoms with Crippen LogP contribution in [-0.2, 0) is 17.8 Å². The Labute approximate surface area is 148 Å². The van der Waals surface area contributed by atoms with Gasteiger partial charge in [0.1, 0.15) is 6.54 Å². The third-order valence-electron chi connectivity index (χ3n) is 3.83. The molecule has 0 aliphatic carbocycles. The summed E-state index contributed by atoms with van der Waals surface area (Å²) in [5.74, 6) is -0.0706. The Morgan fingerprint density at radius 2 is 1.88 bits per heavy atom. The quantitative estimate of drug-likeness (QED) is 0.734. The van der Waals surface area contributed by atoms with Crippen LogP contribution >= 0.6 is 15.9 Å². The molecule has 4 nitrogen and oxygen atoms in total. The molecule has 5 heteroatoms. The Bertz CT molecular complexity index is 920. The molecule has 0 fully saturated rings. The number of nitrogens with zero attached hydrogens (tertiary/aromatic N) is 1. The van der Waals surface area contributed by atoms with Gasteiger partial charge in [-0.15, -0.1) is 0 Å². The van der Waals surface area contributed by atoms with E-state index in [1.165, 1.54) is 11.6 Å². The molecule has 0 aliphatic heterocycles. The maximum Gasteiger partial charge on any atom is 0.239 e. The van der Waals surface area contributed by atoms with Gasteiger partial charge in [0.2, 0.25) is 5.91 Å². The first-order valence-electron chi connectivity index (χ1n) is 7.73. The molecule has 0 aliphatic rings. The van der Waals surface area contributed by atoms with E-state index >= 15 is 0 Å². The van der Waals surface area contributed by atoms with Crippen LogP contribution in [-0.4, -0.2) is 17.0 Å². The fourth-order valence-electron chi connectivity index (χ4n) is 2.62. The molecule has 122 valence electrons. The van der Waals surface area contributed by atoms with E-state index in [-0.39, 0.29) is 17.9 Å². The summed E-state index contributed by atoms with van der Waals surface area (Å²) < 4.78 is 2.64. The first-order valence-corrected chi connectivity index (χ1v) is 8.52.